The summed E-state index contributed by atoms with van der Waals surface area (Å²) >= 11 is 0. The van der Waals surface area contributed by atoms with E-state index in [9.17, 15) is 0 Å². The third-order valence-corrected chi connectivity index (χ3v) is 14.1. The molecule has 1 nitrogen and oxygen atoms in total. The van der Waals surface area contributed by atoms with Crippen LogP contribution in [0.3, 0.4) is 0 Å². The van der Waals surface area contributed by atoms with Gasteiger partial charge in [-0.25, -0.2) is 0 Å². The number of benzene rings is 5. The molecule has 0 aliphatic heterocycles. The van der Waals surface area contributed by atoms with Gasteiger partial charge in [0.05, 0.1) is 5.69 Å². The molecule has 0 radical (unpaired) electrons. The van der Waals surface area contributed by atoms with Gasteiger partial charge in [-0.05, 0) is 160 Å². The van der Waals surface area contributed by atoms with E-state index < -0.39 is 0 Å². The molecule has 1 spiro atoms. The van der Waals surface area contributed by atoms with Crippen LogP contribution in [0.2, 0.25) is 0 Å². The molecule has 0 N–H and O–H groups in total. The fourth-order valence-corrected chi connectivity index (χ4v) is 12.0. The number of anilines is 3. The molecule has 0 saturated heterocycles. The van der Waals surface area contributed by atoms with E-state index in [-0.39, 0.29) is 16.2 Å². The van der Waals surface area contributed by atoms with E-state index in [1.807, 2.05) is 0 Å². The largest absolute Gasteiger partial charge is 0.310 e. The van der Waals surface area contributed by atoms with Crippen molar-refractivity contribution in [2.45, 2.75) is 88.9 Å². The molecule has 4 bridgehead atoms. The van der Waals surface area contributed by atoms with Crippen molar-refractivity contribution in [3.05, 3.63) is 138 Å². The van der Waals surface area contributed by atoms with Gasteiger partial charge in [0.1, 0.15) is 0 Å². The molecule has 11 rings (SSSR count). The Morgan fingerprint density at radius 2 is 1.08 bits per heavy atom. The summed E-state index contributed by atoms with van der Waals surface area (Å²) in [5.41, 5.74) is 16.1. The van der Waals surface area contributed by atoms with E-state index in [1.54, 1.807) is 11.1 Å². The lowest BCUT2D eigenvalue weighted by molar-refractivity contribution is -0.0399. The molecule has 0 atom stereocenters. The van der Waals surface area contributed by atoms with Crippen LogP contribution in [0.25, 0.3) is 22.3 Å². The van der Waals surface area contributed by atoms with Crippen LogP contribution in [-0.2, 0) is 16.2 Å². The second kappa shape index (κ2) is 10.5. The third-order valence-electron chi connectivity index (χ3n) is 14.1. The first kappa shape index (κ1) is 29.8. The van der Waals surface area contributed by atoms with Gasteiger partial charge < -0.3 is 4.90 Å². The van der Waals surface area contributed by atoms with E-state index in [2.05, 4.69) is 148 Å². The number of hydrogen-bond donors (Lipinski definition) is 0. The molecular weight excluding hydrogens is 591 g/mol. The molecule has 6 aliphatic rings. The van der Waals surface area contributed by atoms with E-state index >= 15 is 0 Å². The standard InChI is InChI=1S/C48H49N/c1-46(2)23-24-47(3,4)45-43(46)15-10-16-44(45)49(37-11-6-5-7-12-37)38-20-17-33(18-21-38)34-19-22-42-40(30-34)39-13-8-9-14-41(39)48(42)35-26-31-25-32(28-35)29-36(48)27-31/h5-22,30-32,35-36H,23-29H2,1-4H3. The van der Waals surface area contributed by atoms with Crippen molar-refractivity contribution in [3.63, 3.8) is 0 Å². The van der Waals surface area contributed by atoms with E-state index in [1.165, 1.54) is 95.4 Å². The molecule has 0 aromatic heterocycles. The Kier molecular flexibility index (Phi) is 6.36. The fourth-order valence-electron chi connectivity index (χ4n) is 12.0. The van der Waals surface area contributed by atoms with Crippen molar-refractivity contribution in [3.8, 4) is 22.3 Å². The first-order chi connectivity index (χ1) is 23.7. The minimum absolute atomic E-state index is 0.101. The summed E-state index contributed by atoms with van der Waals surface area (Å²) in [4.78, 5) is 2.50. The highest BCUT2D eigenvalue weighted by molar-refractivity contribution is 5.86. The highest BCUT2D eigenvalue weighted by Gasteiger charge is 2.61. The summed E-state index contributed by atoms with van der Waals surface area (Å²) in [6.07, 6.45) is 9.63. The van der Waals surface area contributed by atoms with Crippen molar-refractivity contribution in [1.82, 2.24) is 0 Å². The average Bonchev–Trinajstić information content (AvgIpc) is 3.40. The molecule has 4 saturated carbocycles. The van der Waals surface area contributed by atoms with Crippen LogP contribution in [0.1, 0.15) is 94.9 Å². The highest BCUT2D eigenvalue weighted by atomic mass is 15.1. The molecule has 0 unspecified atom stereocenters. The van der Waals surface area contributed by atoms with Crippen LogP contribution in [0.15, 0.2) is 115 Å². The maximum absolute atomic E-state index is 2.55. The lowest BCUT2D eigenvalue weighted by atomic mass is 9.43. The number of rotatable bonds is 4. The number of fused-ring (bicyclic) bond motifs is 4. The Morgan fingerprint density at radius 3 is 1.82 bits per heavy atom. The molecule has 246 valence electrons. The minimum Gasteiger partial charge on any atom is -0.310 e. The lowest BCUT2D eigenvalue weighted by Crippen LogP contribution is -2.55. The van der Waals surface area contributed by atoms with Gasteiger partial charge >= 0.3 is 0 Å². The van der Waals surface area contributed by atoms with Crippen molar-refractivity contribution in [2.24, 2.45) is 23.7 Å². The molecule has 49 heavy (non-hydrogen) atoms. The molecule has 5 aromatic carbocycles. The lowest BCUT2D eigenvalue weighted by Gasteiger charge is -2.61. The van der Waals surface area contributed by atoms with Crippen LogP contribution in [-0.4, -0.2) is 0 Å². The summed E-state index contributed by atoms with van der Waals surface area (Å²) in [6, 6.07) is 44.4. The second-order valence-corrected chi connectivity index (χ2v) is 17.7. The Balaban J connectivity index is 1.07. The fraction of sp³-hybridized carbons (Fsp3) is 0.375. The van der Waals surface area contributed by atoms with Gasteiger partial charge in [-0.1, -0.05) is 107 Å². The first-order valence-corrected chi connectivity index (χ1v) is 19.1. The van der Waals surface area contributed by atoms with E-state index in [0.717, 1.165) is 23.7 Å². The SMILES string of the molecule is CC1(C)CCC(C)(C)c2c(N(c3ccccc3)c3ccc(-c4ccc5c(c4)-c4ccccc4C54C5CC6CC(C5)CC4C6)cc3)cccc21. The van der Waals surface area contributed by atoms with Gasteiger partial charge in [-0.2, -0.15) is 0 Å². The first-order valence-electron chi connectivity index (χ1n) is 19.1. The summed E-state index contributed by atoms with van der Waals surface area (Å²) in [7, 11) is 0. The van der Waals surface area contributed by atoms with Gasteiger partial charge in [0.15, 0.2) is 0 Å². The Hall–Kier alpha value is -4.10. The van der Waals surface area contributed by atoms with Crippen LogP contribution in [0.5, 0.6) is 0 Å². The van der Waals surface area contributed by atoms with Gasteiger partial charge in [-0.15, -0.1) is 0 Å². The number of para-hydroxylation sites is 1. The van der Waals surface area contributed by atoms with Crippen LogP contribution < -0.4 is 4.90 Å². The summed E-state index contributed by atoms with van der Waals surface area (Å²) in [6.45, 7) is 9.73. The summed E-state index contributed by atoms with van der Waals surface area (Å²) in [5.74, 6) is 3.55. The maximum atomic E-state index is 2.55. The smallest absolute Gasteiger partial charge is 0.0502 e. The van der Waals surface area contributed by atoms with Crippen molar-refractivity contribution in [2.75, 3.05) is 4.90 Å². The van der Waals surface area contributed by atoms with Crippen molar-refractivity contribution in [1.29, 1.82) is 0 Å². The molecule has 4 fully saturated rings. The Bertz CT molecular complexity index is 2050. The molecule has 0 heterocycles. The molecule has 5 aromatic rings. The topological polar surface area (TPSA) is 3.24 Å². The Morgan fingerprint density at radius 1 is 0.490 bits per heavy atom. The van der Waals surface area contributed by atoms with Crippen LogP contribution >= 0.6 is 0 Å². The summed E-state index contributed by atoms with van der Waals surface area (Å²) in [5, 5.41) is 0. The third kappa shape index (κ3) is 4.24. The zero-order valence-electron chi connectivity index (χ0n) is 29.7. The average molecular weight is 640 g/mol. The molecule has 6 aliphatic carbocycles. The zero-order chi connectivity index (χ0) is 33.1. The second-order valence-electron chi connectivity index (χ2n) is 17.7. The quantitative estimate of drug-likeness (QED) is 0.189. The predicted molar refractivity (Wildman–Crippen MR) is 205 cm³/mol. The van der Waals surface area contributed by atoms with Gasteiger partial charge in [-0.3, -0.25) is 0 Å². The molecule has 0 amide bonds. The van der Waals surface area contributed by atoms with Crippen LogP contribution in [0.4, 0.5) is 17.1 Å². The molecular formula is C48H49N. The highest BCUT2D eigenvalue weighted by Crippen LogP contribution is 2.69. The van der Waals surface area contributed by atoms with Gasteiger partial charge in [0.2, 0.25) is 0 Å². The van der Waals surface area contributed by atoms with E-state index in [4.69, 9.17) is 0 Å². The van der Waals surface area contributed by atoms with Crippen molar-refractivity contribution >= 4 is 17.1 Å². The van der Waals surface area contributed by atoms with Gasteiger partial charge in [0.25, 0.3) is 0 Å². The zero-order valence-corrected chi connectivity index (χ0v) is 29.7. The summed E-state index contributed by atoms with van der Waals surface area (Å²) < 4.78 is 0. The maximum Gasteiger partial charge on any atom is 0.0502 e. The number of hydrogen-bond acceptors (Lipinski definition) is 1. The minimum atomic E-state index is 0.101. The van der Waals surface area contributed by atoms with Gasteiger partial charge in [0, 0.05) is 16.8 Å². The Labute approximate surface area is 293 Å². The monoisotopic (exact) mass is 639 g/mol. The number of nitrogens with zero attached hydrogens (tertiary/aromatic N) is 1. The molecule has 1 heteroatoms. The predicted octanol–water partition coefficient (Wildman–Crippen LogP) is 12.9. The normalized spacial score (nSPS) is 27.8. The van der Waals surface area contributed by atoms with Crippen molar-refractivity contribution < 1.29 is 0 Å². The van der Waals surface area contributed by atoms with E-state index in [0.29, 0.717) is 0 Å². The van der Waals surface area contributed by atoms with Crippen LogP contribution in [0, 0.1) is 23.7 Å².